The van der Waals surface area contributed by atoms with E-state index in [-0.39, 0.29) is 28.6 Å². The van der Waals surface area contributed by atoms with Gasteiger partial charge in [0.15, 0.2) is 0 Å². The van der Waals surface area contributed by atoms with E-state index in [1.807, 2.05) is 0 Å². The number of carbonyl (C=O) groups excluding carboxylic acids is 1. The van der Waals surface area contributed by atoms with Crippen molar-refractivity contribution in [1.29, 1.82) is 0 Å². The summed E-state index contributed by atoms with van der Waals surface area (Å²) in [5.74, 6) is -0.904. The number of hydrogen-bond acceptors (Lipinski definition) is 4. The van der Waals surface area contributed by atoms with Crippen molar-refractivity contribution in [1.82, 2.24) is 0 Å². The molecule has 0 bridgehead atoms. The fraction of sp³-hybridized carbons (Fsp3) is 0.188. The number of esters is 1. The van der Waals surface area contributed by atoms with Gasteiger partial charge in [-0.25, -0.2) is 13.2 Å². The number of benzene rings is 2. The molecule has 0 unspecified atom stereocenters. The van der Waals surface area contributed by atoms with Crippen LogP contribution in [0.15, 0.2) is 42.5 Å². The maximum absolute atomic E-state index is 12.3. The van der Waals surface area contributed by atoms with Gasteiger partial charge in [-0.1, -0.05) is 41.4 Å². The Bertz CT molecular complexity index is 853. The van der Waals surface area contributed by atoms with Crippen LogP contribution in [0.5, 0.6) is 0 Å². The van der Waals surface area contributed by atoms with Gasteiger partial charge in [0, 0.05) is 10.7 Å². The van der Waals surface area contributed by atoms with Gasteiger partial charge < -0.3 is 4.74 Å². The van der Waals surface area contributed by atoms with E-state index in [1.54, 1.807) is 31.2 Å². The number of anilines is 1. The number of carbonyl (C=O) groups is 1. The summed E-state index contributed by atoms with van der Waals surface area (Å²) in [5.41, 5.74) is 0.789. The zero-order valence-corrected chi connectivity index (χ0v) is 15.1. The van der Waals surface area contributed by atoms with Crippen molar-refractivity contribution in [2.45, 2.75) is 12.7 Å². The van der Waals surface area contributed by atoms with Gasteiger partial charge >= 0.3 is 5.97 Å². The Morgan fingerprint density at radius 1 is 1.12 bits per heavy atom. The van der Waals surface area contributed by atoms with E-state index in [4.69, 9.17) is 27.9 Å². The molecule has 0 aliphatic rings. The van der Waals surface area contributed by atoms with Crippen LogP contribution in [0.1, 0.15) is 22.8 Å². The average Bonchev–Trinajstić information content (AvgIpc) is 2.51. The predicted octanol–water partition coefficient (Wildman–Crippen LogP) is 4.11. The van der Waals surface area contributed by atoms with Crippen LogP contribution in [0.2, 0.25) is 10.0 Å². The van der Waals surface area contributed by atoms with Crippen LogP contribution in [0, 0.1) is 0 Å². The molecular formula is C16H15Cl2NO4S. The fourth-order valence-electron chi connectivity index (χ4n) is 1.99. The lowest BCUT2D eigenvalue weighted by molar-refractivity contribution is 0.0526. The summed E-state index contributed by atoms with van der Waals surface area (Å²) in [6.07, 6.45) is 0. The monoisotopic (exact) mass is 387 g/mol. The minimum atomic E-state index is -3.71. The van der Waals surface area contributed by atoms with Gasteiger partial charge in [-0.15, -0.1) is 0 Å². The van der Waals surface area contributed by atoms with E-state index < -0.39 is 16.0 Å². The molecule has 2 aromatic carbocycles. The number of ether oxygens (including phenoxy) is 1. The van der Waals surface area contributed by atoms with Gasteiger partial charge in [0.2, 0.25) is 10.0 Å². The van der Waals surface area contributed by atoms with Crippen LogP contribution in [0.4, 0.5) is 5.69 Å². The number of halogens is 2. The second kappa shape index (κ2) is 7.88. The Labute approximate surface area is 150 Å². The van der Waals surface area contributed by atoms with Crippen LogP contribution in [0.3, 0.4) is 0 Å². The third kappa shape index (κ3) is 4.87. The summed E-state index contributed by atoms with van der Waals surface area (Å²) in [6.45, 7) is 1.86. The van der Waals surface area contributed by atoms with Gasteiger partial charge in [-0.2, -0.15) is 0 Å². The molecule has 0 saturated carbocycles. The van der Waals surface area contributed by atoms with Gasteiger partial charge in [0.1, 0.15) is 0 Å². The molecule has 0 amide bonds. The minimum absolute atomic E-state index is 0.0939. The quantitative estimate of drug-likeness (QED) is 0.756. The first-order valence-corrected chi connectivity index (χ1v) is 9.44. The Hall–Kier alpha value is -1.76. The van der Waals surface area contributed by atoms with Crippen LogP contribution in [0.25, 0.3) is 0 Å². The molecule has 8 heteroatoms. The zero-order valence-electron chi connectivity index (χ0n) is 12.8. The van der Waals surface area contributed by atoms with Gasteiger partial charge in [0.05, 0.1) is 22.9 Å². The summed E-state index contributed by atoms with van der Waals surface area (Å²) in [7, 11) is -3.71. The highest BCUT2D eigenvalue weighted by atomic mass is 35.5. The molecule has 2 rings (SSSR count). The van der Waals surface area contributed by atoms with E-state index in [0.29, 0.717) is 10.6 Å². The third-order valence-electron chi connectivity index (χ3n) is 3.04. The van der Waals surface area contributed by atoms with E-state index in [1.165, 1.54) is 18.2 Å². The van der Waals surface area contributed by atoms with E-state index >= 15 is 0 Å². The summed E-state index contributed by atoms with van der Waals surface area (Å²) in [6, 6.07) is 10.9. The summed E-state index contributed by atoms with van der Waals surface area (Å²) < 4.78 is 31.9. The third-order valence-corrected chi connectivity index (χ3v) is 4.97. The van der Waals surface area contributed by atoms with E-state index in [0.717, 1.165) is 0 Å². The van der Waals surface area contributed by atoms with E-state index in [9.17, 15) is 13.2 Å². The molecule has 0 saturated heterocycles. The molecule has 0 heterocycles. The Balaban J connectivity index is 2.22. The molecule has 0 spiro atoms. The maximum atomic E-state index is 12.3. The standard InChI is InChI=1S/C16H15Cl2NO4S/c1-2-23-16(20)13-9-12(7-8-15(13)18)19-24(21,22)10-11-5-3-4-6-14(11)17/h3-9,19H,2,10H2,1H3. The number of rotatable bonds is 6. The molecular weight excluding hydrogens is 373 g/mol. The summed E-state index contributed by atoms with van der Waals surface area (Å²) >= 11 is 11.9. The first kappa shape index (κ1) is 18.6. The van der Waals surface area contributed by atoms with Gasteiger partial charge in [0.25, 0.3) is 0 Å². The highest BCUT2D eigenvalue weighted by Crippen LogP contribution is 2.24. The SMILES string of the molecule is CCOC(=O)c1cc(NS(=O)(=O)Cc2ccccc2Cl)ccc1Cl. The predicted molar refractivity (Wildman–Crippen MR) is 95.1 cm³/mol. The number of sulfonamides is 1. The maximum Gasteiger partial charge on any atom is 0.339 e. The molecule has 1 N–H and O–H groups in total. The lowest BCUT2D eigenvalue weighted by Gasteiger charge is -2.11. The minimum Gasteiger partial charge on any atom is -0.462 e. The van der Waals surface area contributed by atoms with Gasteiger partial charge in [-0.05, 0) is 36.8 Å². The molecule has 0 fully saturated rings. The summed E-state index contributed by atoms with van der Waals surface area (Å²) in [4.78, 5) is 11.8. The average molecular weight is 388 g/mol. The van der Waals surface area contributed by atoms with Crippen LogP contribution < -0.4 is 4.72 Å². The van der Waals surface area contributed by atoms with Crippen LogP contribution >= 0.6 is 23.2 Å². The molecule has 0 aliphatic carbocycles. The first-order valence-electron chi connectivity index (χ1n) is 7.03. The lowest BCUT2D eigenvalue weighted by Crippen LogP contribution is -2.16. The molecule has 0 aliphatic heterocycles. The van der Waals surface area contributed by atoms with E-state index in [2.05, 4.69) is 4.72 Å². The molecule has 24 heavy (non-hydrogen) atoms. The fourth-order valence-corrected chi connectivity index (χ4v) is 3.69. The van der Waals surface area contributed by atoms with Gasteiger partial charge in [-0.3, -0.25) is 4.72 Å². The van der Waals surface area contributed by atoms with Crippen LogP contribution in [-0.2, 0) is 20.5 Å². The van der Waals surface area contributed by atoms with Crippen LogP contribution in [-0.4, -0.2) is 21.0 Å². The topological polar surface area (TPSA) is 72.5 Å². The highest BCUT2D eigenvalue weighted by Gasteiger charge is 2.17. The molecule has 0 atom stereocenters. The molecule has 128 valence electrons. The van der Waals surface area contributed by atoms with Crippen molar-refractivity contribution < 1.29 is 17.9 Å². The molecule has 2 aromatic rings. The molecule has 0 radical (unpaired) electrons. The van der Waals surface area contributed by atoms with Crippen molar-refractivity contribution in [2.24, 2.45) is 0 Å². The largest absolute Gasteiger partial charge is 0.462 e. The Morgan fingerprint density at radius 3 is 2.50 bits per heavy atom. The zero-order chi connectivity index (χ0) is 17.7. The van der Waals surface area contributed by atoms with Crippen molar-refractivity contribution >= 4 is 44.9 Å². The van der Waals surface area contributed by atoms with Crippen molar-refractivity contribution in [3.8, 4) is 0 Å². The van der Waals surface area contributed by atoms with Crippen molar-refractivity contribution in [2.75, 3.05) is 11.3 Å². The Kier molecular flexibility index (Phi) is 6.10. The number of hydrogen-bond donors (Lipinski definition) is 1. The second-order valence-corrected chi connectivity index (χ2v) is 7.40. The van der Waals surface area contributed by atoms with Crippen molar-refractivity contribution in [3.05, 3.63) is 63.6 Å². The molecule has 0 aromatic heterocycles. The van der Waals surface area contributed by atoms with Crippen molar-refractivity contribution in [3.63, 3.8) is 0 Å². The summed E-state index contributed by atoms with van der Waals surface area (Å²) in [5, 5.41) is 0.550. The normalized spacial score (nSPS) is 11.1. The number of nitrogens with one attached hydrogen (secondary N) is 1. The Morgan fingerprint density at radius 2 is 1.83 bits per heavy atom. The molecule has 5 nitrogen and oxygen atoms in total. The first-order chi connectivity index (χ1) is 11.3. The smallest absolute Gasteiger partial charge is 0.339 e. The second-order valence-electron chi connectivity index (χ2n) is 4.87. The lowest BCUT2D eigenvalue weighted by atomic mass is 10.2. The highest BCUT2D eigenvalue weighted by molar-refractivity contribution is 7.91.